The summed E-state index contributed by atoms with van der Waals surface area (Å²) in [4.78, 5) is 23.7. The zero-order valence-corrected chi connectivity index (χ0v) is 13.1. The maximum Gasteiger partial charge on any atom is 0.343 e. The summed E-state index contributed by atoms with van der Waals surface area (Å²) in [5.41, 5.74) is 0.262. The molecule has 0 fully saturated rings. The zero-order chi connectivity index (χ0) is 14.9. The van der Waals surface area contributed by atoms with Gasteiger partial charge in [0.25, 0.3) is 0 Å². The standard InChI is InChI=1S/C15H15BrO4/c1-9-12(15(2,3)8-19-13(9)17)20-14(18)10-4-6-11(16)7-5-10/h4-7H,8H2,1-3H3. The van der Waals surface area contributed by atoms with E-state index in [4.69, 9.17) is 9.47 Å². The molecule has 0 radical (unpaired) electrons. The van der Waals surface area contributed by atoms with Crippen LogP contribution in [0.2, 0.25) is 0 Å². The van der Waals surface area contributed by atoms with Crippen molar-refractivity contribution in [3.05, 3.63) is 45.6 Å². The molecule has 0 aromatic heterocycles. The second-order valence-electron chi connectivity index (χ2n) is 5.31. The Morgan fingerprint density at radius 3 is 2.50 bits per heavy atom. The van der Waals surface area contributed by atoms with Gasteiger partial charge in [-0.05, 0) is 45.0 Å². The first-order chi connectivity index (χ1) is 9.31. The molecule has 0 aliphatic carbocycles. The van der Waals surface area contributed by atoms with Crippen molar-refractivity contribution >= 4 is 27.9 Å². The monoisotopic (exact) mass is 338 g/mol. The largest absolute Gasteiger partial charge is 0.461 e. The molecule has 4 nitrogen and oxygen atoms in total. The van der Waals surface area contributed by atoms with Gasteiger partial charge in [-0.3, -0.25) is 0 Å². The highest BCUT2D eigenvalue weighted by Crippen LogP contribution is 2.35. The first kappa shape index (κ1) is 14.8. The molecule has 0 atom stereocenters. The van der Waals surface area contributed by atoms with Gasteiger partial charge in [0.05, 0.1) is 16.6 Å². The molecule has 1 heterocycles. The number of benzene rings is 1. The number of halogens is 1. The van der Waals surface area contributed by atoms with E-state index < -0.39 is 17.4 Å². The van der Waals surface area contributed by atoms with E-state index in [9.17, 15) is 9.59 Å². The molecule has 106 valence electrons. The molecule has 0 bridgehead atoms. The number of cyclic esters (lactones) is 1. The molecule has 0 unspecified atom stereocenters. The van der Waals surface area contributed by atoms with Gasteiger partial charge in [-0.1, -0.05) is 15.9 Å². The van der Waals surface area contributed by atoms with Crippen molar-refractivity contribution in [3.63, 3.8) is 0 Å². The Morgan fingerprint density at radius 1 is 1.30 bits per heavy atom. The van der Waals surface area contributed by atoms with Gasteiger partial charge in [0.15, 0.2) is 0 Å². The Morgan fingerprint density at radius 2 is 1.90 bits per heavy atom. The summed E-state index contributed by atoms with van der Waals surface area (Å²) in [5, 5.41) is 0. The van der Waals surface area contributed by atoms with E-state index in [0.717, 1.165) is 4.47 Å². The molecule has 0 saturated carbocycles. The van der Waals surface area contributed by atoms with Crippen LogP contribution in [0.4, 0.5) is 0 Å². The minimum absolute atomic E-state index is 0.201. The van der Waals surface area contributed by atoms with Crippen LogP contribution in [-0.2, 0) is 14.3 Å². The minimum Gasteiger partial charge on any atom is -0.461 e. The second kappa shape index (κ2) is 5.40. The van der Waals surface area contributed by atoms with E-state index in [1.165, 1.54) is 0 Å². The molecule has 0 N–H and O–H groups in total. The number of hydrogen-bond donors (Lipinski definition) is 0. The van der Waals surface area contributed by atoms with Gasteiger partial charge in [-0.15, -0.1) is 0 Å². The Labute approximate surface area is 125 Å². The predicted molar refractivity (Wildman–Crippen MR) is 77.0 cm³/mol. The Hall–Kier alpha value is -1.62. The molecule has 1 aromatic carbocycles. The highest BCUT2D eigenvalue weighted by atomic mass is 79.9. The van der Waals surface area contributed by atoms with Crippen LogP contribution in [0, 0.1) is 5.41 Å². The maximum absolute atomic E-state index is 12.1. The van der Waals surface area contributed by atoms with Crippen LogP contribution in [-0.4, -0.2) is 18.5 Å². The molecular formula is C15H15BrO4. The number of hydrogen-bond acceptors (Lipinski definition) is 4. The predicted octanol–water partition coefficient (Wildman–Crippen LogP) is 3.46. The lowest BCUT2D eigenvalue weighted by Gasteiger charge is -2.31. The highest BCUT2D eigenvalue weighted by Gasteiger charge is 2.37. The lowest BCUT2D eigenvalue weighted by atomic mass is 9.87. The van der Waals surface area contributed by atoms with Crippen molar-refractivity contribution in [1.82, 2.24) is 0 Å². The van der Waals surface area contributed by atoms with Crippen LogP contribution >= 0.6 is 15.9 Å². The van der Waals surface area contributed by atoms with E-state index >= 15 is 0 Å². The third kappa shape index (κ3) is 2.93. The number of esters is 2. The smallest absolute Gasteiger partial charge is 0.343 e. The molecule has 0 amide bonds. The molecule has 1 aliphatic heterocycles. The maximum atomic E-state index is 12.1. The van der Waals surface area contributed by atoms with Crippen molar-refractivity contribution in [2.75, 3.05) is 6.61 Å². The lowest BCUT2D eigenvalue weighted by Crippen LogP contribution is -2.34. The molecule has 1 aromatic rings. The van der Waals surface area contributed by atoms with Gasteiger partial charge in [-0.25, -0.2) is 9.59 Å². The van der Waals surface area contributed by atoms with E-state index in [1.54, 1.807) is 31.2 Å². The van der Waals surface area contributed by atoms with E-state index in [2.05, 4.69) is 15.9 Å². The quantitative estimate of drug-likeness (QED) is 0.775. The van der Waals surface area contributed by atoms with Gasteiger partial charge in [-0.2, -0.15) is 0 Å². The second-order valence-corrected chi connectivity index (χ2v) is 6.23. The minimum atomic E-state index is -0.511. The zero-order valence-electron chi connectivity index (χ0n) is 11.5. The fourth-order valence-electron chi connectivity index (χ4n) is 1.97. The topological polar surface area (TPSA) is 52.6 Å². The Bertz CT molecular complexity index is 584. The van der Waals surface area contributed by atoms with Gasteiger partial charge in [0.2, 0.25) is 0 Å². The van der Waals surface area contributed by atoms with Crippen LogP contribution in [0.5, 0.6) is 0 Å². The number of rotatable bonds is 2. The Kier molecular flexibility index (Phi) is 3.99. The summed E-state index contributed by atoms with van der Waals surface area (Å²) in [6.45, 7) is 5.54. The molecule has 1 aliphatic rings. The van der Waals surface area contributed by atoms with Crippen molar-refractivity contribution in [1.29, 1.82) is 0 Å². The summed E-state index contributed by atoms with van der Waals surface area (Å²) in [5.74, 6) is -0.542. The van der Waals surface area contributed by atoms with Gasteiger partial charge in [0, 0.05) is 4.47 Å². The van der Waals surface area contributed by atoms with Gasteiger partial charge < -0.3 is 9.47 Å². The third-order valence-corrected chi connectivity index (χ3v) is 3.63. The summed E-state index contributed by atoms with van der Waals surface area (Å²) < 4.78 is 11.4. The molecular weight excluding hydrogens is 324 g/mol. The van der Waals surface area contributed by atoms with E-state index in [0.29, 0.717) is 16.9 Å². The summed E-state index contributed by atoms with van der Waals surface area (Å²) >= 11 is 3.31. The van der Waals surface area contributed by atoms with Crippen LogP contribution in [0.15, 0.2) is 40.1 Å². The van der Waals surface area contributed by atoms with Crippen LogP contribution in [0.25, 0.3) is 0 Å². The van der Waals surface area contributed by atoms with Crippen molar-refractivity contribution < 1.29 is 19.1 Å². The first-order valence-electron chi connectivity index (χ1n) is 6.17. The SMILES string of the molecule is CC1=C(OC(=O)c2ccc(Br)cc2)C(C)(C)COC1=O. The van der Waals surface area contributed by atoms with Crippen molar-refractivity contribution in [3.8, 4) is 0 Å². The fourth-order valence-corrected chi connectivity index (χ4v) is 2.24. The summed E-state index contributed by atoms with van der Waals surface area (Å²) in [7, 11) is 0. The number of carbonyl (C=O) groups excluding carboxylic acids is 2. The number of ether oxygens (including phenoxy) is 2. The number of carbonyl (C=O) groups is 2. The average Bonchev–Trinajstić information content (AvgIpc) is 2.40. The summed E-state index contributed by atoms with van der Waals surface area (Å²) in [6.07, 6.45) is 0. The van der Waals surface area contributed by atoms with E-state index in [1.807, 2.05) is 13.8 Å². The van der Waals surface area contributed by atoms with Crippen LogP contribution < -0.4 is 0 Å². The molecule has 0 saturated heterocycles. The third-order valence-electron chi connectivity index (χ3n) is 3.10. The first-order valence-corrected chi connectivity index (χ1v) is 6.97. The summed E-state index contributed by atoms with van der Waals surface area (Å²) in [6, 6.07) is 6.85. The Balaban J connectivity index is 2.27. The van der Waals surface area contributed by atoms with Crippen molar-refractivity contribution in [2.45, 2.75) is 20.8 Å². The van der Waals surface area contributed by atoms with Crippen LogP contribution in [0.3, 0.4) is 0 Å². The highest BCUT2D eigenvalue weighted by molar-refractivity contribution is 9.10. The average molecular weight is 339 g/mol. The van der Waals surface area contributed by atoms with E-state index in [-0.39, 0.29) is 6.61 Å². The van der Waals surface area contributed by atoms with Gasteiger partial charge >= 0.3 is 11.9 Å². The molecule has 20 heavy (non-hydrogen) atoms. The molecule has 5 heteroatoms. The normalized spacial score (nSPS) is 17.7. The molecule has 2 rings (SSSR count). The van der Waals surface area contributed by atoms with Crippen LogP contribution in [0.1, 0.15) is 31.1 Å². The lowest BCUT2D eigenvalue weighted by molar-refractivity contribution is -0.144. The van der Waals surface area contributed by atoms with Crippen molar-refractivity contribution in [2.24, 2.45) is 5.41 Å². The fraction of sp³-hybridized carbons (Fsp3) is 0.333. The molecule has 0 spiro atoms. The van der Waals surface area contributed by atoms with Gasteiger partial charge in [0.1, 0.15) is 12.4 Å².